The molecule has 0 aliphatic carbocycles. The van der Waals surface area contributed by atoms with Crippen LogP contribution in [0.2, 0.25) is 0 Å². The summed E-state index contributed by atoms with van der Waals surface area (Å²) < 4.78 is 15.7. The Morgan fingerprint density at radius 2 is 2.09 bits per heavy atom. The van der Waals surface area contributed by atoms with Crippen LogP contribution in [0.3, 0.4) is 0 Å². The van der Waals surface area contributed by atoms with Gasteiger partial charge in [0.25, 0.3) is 0 Å². The number of carbonyl (C=O) groups is 2. The van der Waals surface area contributed by atoms with Gasteiger partial charge in [0, 0.05) is 13.7 Å². The van der Waals surface area contributed by atoms with Gasteiger partial charge in [-0.3, -0.25) is 4.79 Å². The number of methoxy groups -OCH3 is 1. The molecule has 1 fully saturated rings. The van der Waals surface area contributed by atoms with Crippen LogP contribution in [-0.2, 0) is 19.0 Å². The first-order valence-corrected chi connectivity index (χ1v) is 7.08. The molecule has 22 heavy (non-hydrogen) atoms. The zero-order valence-corrected chi connectivity index (χ0v) is 13.4. The van der Waals surface area contributed by atoms with Crippen molar-refractivity contribution in [3.05, 3.63) is 5.53 Å². The van der Waals surface area contributed by atoms with E-state index in [2.05, 4.69) is 4.79 Å². The van der Waals surface area contributed by atoms with E-state index in [1.54, 1.807) is 20.8 Å². The molecule has 1 rings (SSSR count). The van der Waals surface area contributed by atoms with Crippen LogP contribution in [0, 0.1) is 5.92 Å². The first kappa shape index (κ1) is 18.3. The molecule has 1 aliphatic heterocycles. The van der Waals surface area contributed by atoms with Crippen molar-refractivity contribution in [2.24, 2.45) is 5.92 Å². The van der Waals surface area contributed by atoms with E-state index in [4.69, 9.17) is 19.7 Å². The van der Waals surface area contributed by atoms with Crippen LogP contribution < -0.4 is 0 Å². The number of Topliss-reactive ketones (excluding diaryl/α,β-unsaturated/α-hetero) is 1. The van der Waals surface area contributed by atoms with Gasteiger partial charge in [-0.05, 0) is 27.2 Å². The summed E-state index contributed by atoms with van der Waals surface area (Å²) in [6.07, 6.45) is 0.280. The fourth-order valence-electron chi connectivity index (χ4n) is 2.21. The average molecular weight is 313 g/mol. The van der Waals surface area contributed by atoms with Crippen molar-refractivity contribution in [3.63, 3.8) is 0 Å². The van der Waals surface area contributed by atoms with Crippen LogP contribution >= 0.6 is 0 Å². The molecule has 8 nitrogen and oxygen atoms in total. The monoisotopic (exact) mass is 313 g/mol. The zero-order valence-electron chi connectivity index (χ0n) is 13.4. The lowest BCUT2D eigenvalue weighted by molar-refractivity contribution is -0.139. The van der Waals surface area contributed by atoms with E-state index in [-0.39, 0.29) is 19.1 Å². The van der Waals surface area contributed by atoms with Gasteiger partial charge in [-0.2, -0.15) is 4.79 Å². The highest BCUT2D eigenvalue weighted by Gasteiger charge is 2.38. The Hall–Kier alpha value is -1.76. The summed E-state index contributed by atoms with van der Waals surface area (Å²) in [5.41, 5.74) is 7.91. The highest BCUT2D eigenvalue weighted by molar-refractivity contribution is 6.26. The Bertz CT molecular complexity index is 454. The molecule has 1 amide bonds. The van der Waals surface area contributed by atoms with Gasteiger partial charge in [-0.1, -0.05) is 0 Å². The van der Waals surface area contributed by atoms with E-state index in [0.29, 0.717) is 13.0 Å². The maximum atomic E-state index is 12.1. The van der Waals surface area contributed by atoms with E-state index >= 15 is 0 Å². The molecule has 0 aromatic carbocycles. The largest absolute Gasteiger partial charge is 0.444 e. The number of hydrogen-bond donors (Lipinski definition) is 0. The molecule has 0 spiro atoms. The van der Waals surface area contributed by atoms with Gasteiger partial charge in [0.2, 0.25) is 5.78 Å². The van der Waals surface area contributed by atoms with Crippen LogP contribution in [0.25, 0.3) is 5.53 Å². The predicted molar refractivity (Wildman–Crippen MR) is 77.4 cm³/mol. The maximum absolute atomic E-state index is 12.1. The minimum atomic E-state index is -0.587. The third kappa shape index (κ3) is 5.55. The molecule has 0 aromatic rings. The highest BCUT2D eigenvalue weighted by atomic mass is 16.7. The van der Waals surface area contributed by atoms with Crippen LogP contribution in [-0.4, -0.2) is 66.5 Å². The number of ether oxygens (including phenoxy) is 3. The van der Waals surface area contributed by atoms with Gasteiger partial charge in [0.15, 0.2) is 0 Å². The molecule has 2 atom stereocenters. The van der Waals surface area contributed by atoms with Gasteiger partial charge >= 0.3 is 12.3 Å². The molecular weight excluding hydrogens is 290 g/mol. The summed E-state index contributed by atoms with van der Waals surface area (Å²) in [6, 6.07) is 0. The topological polar surface area (TPSA) is 101 Å². The first-order valence-electron chi connectivity index (χ1n) is 7.08. The number of ketones is 1. The van der Waals surface area contributed by atoms with Crippen molar-refractivity contribution in [1.82, 2.24) is 4.90 Å². The molecule has 0 bridgehead atoms. The number of hydrogen-bond acceptors (Lipinski definition) is 5. The number of piperidine rings is 1. The molecule has 0 aromatic heterocycles. The summed E-state index contributed by atoms with van der Waals surface area (Å²) >= 11 is 0. The minimum absolute atomic E-state index is 0.00682. The Kier molecular flexibility index (Phi) is 6.67. The van der Waals surface area contributed by atoms with E-state index in [0.717, 1.165) is 6.21 Å². The average Bonchev–Trinajstić information content (AvgIpc) is 2.43. The highest BCUT2D eigenvalue weighted by Crippen LogP contribution is 2.23. The Morgan fingerprint density at radius 1 is 1.41 bits per heavy atom. The Labute approximate surface area is 129 Å². The summed E-state index contributed by atoms with van der Waals surface area (Å²) in [5, 5.41) is 0. The lowest BCUT2D eigenvalue weighted by Gasteiger charge is -2.37. The summed E-state index contributed by atoms with van der Waals surface area (Å²) in [6.45, 7) is 5.96. The molecule has 124 valence electrons. The van der Waals surface area contributed by atoms with Gasteiger partial charge in [0.05, 0.1) is 18.6 Å². The van der Waals surface area contributed by atoms with E-state index in [1.807, 2.05) is 0 Å². The fourth-order valence-corrected chi connectivity index (χ4v) is 2.21. The van der Waals surface area contributed by atoms with Crippen molar-refractivity contribution in [2.45, 2.75) is 38.9 Å². The Balaban J connectivity index is 2.76. The third-order valence-corrected chi connectivity index (χ3v) is 3.16. The van der Waals surface area contributed by atoms with Crippen molar-refractivity contribution in [2.75, 3.05) is 27.0 Å². The van der Waals surface area contributed by atoms with Gasteiger partial charge < -0.3 is 24.6 Å². The van der Waals surface area contributed by atoms with Crippen molar-refractivity contribution in [1.29, 1.82) is 0 Å². The molecule has 0 saturated carbocycles. The zero-order chi connectivity index (χ0) is 16.8. The number of nitrogens with zero attached hydrogens (tertiary/aromatic N) is 3. The minimum Gasteiger partial charge on any atom is -0.444 e. The maximum Gasteiger partial charge on any atom is 0.410 e. The smallest absolute Gasteiger partial charge is 0.410 e. The SMILES string of the molecule is COCO[C@H]1CN(C(=O)OC(C)(C)C)CC[C@H]1C(=O)C=[N+]=[N-]. The Morgan fingerprint density at radius 3 is 2.64 bits per heavy atom. The van der Waals surface area contributed by atoms with Crippen LogP contribution in [0.1, 0.15) is 27.2 Å². The predicted octanol–water partition coefficient (Wildman–Crippen LogP) is 1.10. The summed E-state index contributed by atoms with van der Waals surface area (Å²) in [5.74, 6) is -0.822. The van der Waals surface area contributed by atoms with Crippen molar-refractivity contribution >= 4 is 18.1 Å². The molecule has 1 saturated heterocycles. The molecule has 0 N–H and O–H groups in total. The van der Waals surface area contributed by atoms with E-state index in [9.17, 15) is 9.59 Å². The number of carbonyl (C=O) groups excluding carboxylic acids is 2. The summed E-state index contributed by atoms with van der Waals surface area (Å²) in [7, 11) is 1.47. The lowest BCUT2D eigenvalue weighted by Crippen LogP contribution is -2.51. The number of amides is 1. The lowest BCUT2D eigenvalue weighted by atomic mass is 9.90. The fraction of sp³-hybridized carbons (Fsp3) is 0.786. The van der Waals surface area contributed by atoms with Crippen LogP contribution in [0.5, 0.6) is 0 Å². The first-order chi connectivity index (χ1) is 10.3. The van der Waals surface area contributed by atoms with Crippen LogP contribution in [0.15, 0.2) is 0 Å². The third-order valence-electron chi connectivity index (χ3n) is 3.16. The molecule has 1 aliphatic rings. The van der Waals surface area contributed by atoms with E-state index < -0.39 is 23.7 Å². The molecule has 0 unspecified atom stereocenters. The summed E-state index contributed by atoms with van der Waals surface area (Å²) in [4.78, 5) is 28.3. The number of rotatable bonds is 5. The number of likely N-dealkylation sites (tertiary alicyclic amines) is 1. The molecule has 0 radical (unpaired) electrons. The normalized spacial score (nSPS) is 21.9. The van der Waals surface area contributed by atoms with Gasteiger partial charge in [0.1, 0.15) is 12.4 Å². The van der Waals surface area contributed by atoms with Crippen LogP contribution in [0.4, 0.5) is 4.79 Å². The standard InChI is InChI=1S/C14H23N3O5/c1-14(2,3)22-13(19)17-6-5-10(11(18)7-16-15)12(8-17)21-9-20-4/h7,10,12H,5-6,8-9H2,1-4H3/t10-,12-/m0/s1. The molecule has 8 heteroatoms. The van der Waals surface area contributed by atoms with Crippen molar-refractivity contribution in [3.8, 4) is 0 Å². The second-order valence-electron chi connectivity index (χ2n) is 6.08. The molecular formula is C14H23N3O5. The van der Waals surface area contributed by atoms with Crippen molar-refractivity contribution < 1.29 is 28.6 Å². The molecule has 1 heterocycles. The van der Waals surface area contributed by atoms with Gasteiger partial charge in [-0.15, -0.1) is 0 Å². The van der Waals surface area contributed by atoms with Gasteiger partial charge in [-0.25, -0.2) is 4.79 Å². The second-order valence-corrected chi connectivity index (χ2v) is 6.08. The van der Waals surface area contributed by atoms with E-state index in [1.165, 1.54) is 12.0 Å². The second kappa shape index (κ2) is 8.03. The quantitative estimate of drug-likeness (QED) is 0.327.